The van der Waals surface area contributed by atoms with Crippen molar-refractivity contribution in [1.82, 2.24) is 0 Å². The SMILES string of the molecule is CCCCC/C=C\C/C=C\CCCCCCCC(=O)OCC(COP(=O)(O)OCC(O)COP(=O)(O)OCC(COC(=O)CCCCCCC/C=C\CCCCCCCC)OC(=O)CCCCCCCCCCCCCCC)OC(=O)CCCCCCC/C=C\CCCCCC. The lowest BCUT2D eigenvalue weighted by molar-refractivity contribution is -0.161. The van der Waals surface area contributed by atoms with Crippen LogP contribution in [-0.2, 0) is 65.4 Å². The van der Waals surface area contributed by atoms with E-state index in [4.69, 9.17) is 37.0 Å². The van der Waals surface area contributed by atoms with E-state index in [1.54, 1.807) is 0 Å². The van der Waals surface area contributed by atoms with Gasteiger partial charge in [-0.05, 0) is 109 Å². The molecule has 0 aromatic heterocycles. The summed E-state index contributed by atoms with van der Waals surface area (Å²) in [6.45, 7) is 4.86. The van der Waals surface area contributed by atoms with Crippen LogP contribution < -0.4 is 0 Å². The maximum Gasteiger partial charge on any atom is 0.472 e. The highest BCUT2D eigenvalue weighted by Crippen LogP contribution is 2.45. The molecule has 0 radical (unpaired) electrons. The monoisotopic (exact) mass is 1400 g/mol. The Kier molecular flexibility index (Phi) is 68.3. The standard InChI is InChI=1S/C77H142O17P2/c1-5-9-13-17-21-25-29-33-35-39-41-45-49-53-57-61-74(79)87-67-72(93-76(81)63-59-55-51-47-43-37-31-27-23-19-15-11-7-3)69-91-95(83,84)89-65-71(78)66-90-96(85,86)92-70-73(94-77(82)64-60-56-52-48-44-38-32-28-24-20-16-12-8-4)68-88-75(80)62-58-54-50-46-42-40-36-34-30-26-22-18-14-10-6-2/h21,25,27,31,33-36,71-73,78H,5-20,22-24,26,28-30,32,37-70H2,1-4H3,(H,83,84)(H,85,86)/b25-21-,31-27-,35-33-,36-34-. The van der Waals surface area contributed by atoms with Crippen LogP contribution in [0.2, 0.25) is 0 Å². The second-order valence-corrected chi connectivity index (χ2v) is 29.2. The number of allylic oxidation sites excluding steroid dienone is 8. The van der Waals surface area contributed by atoms with Gasteiger partial charge in [-0.1, -0.05) is 275 Å². The van der Waals surface area contributed by atoms with E-state index >= 15 is 0 Å². The molecule has 0 saturated heterocycles. The topological polar surface area (TPSA) is 237 Å². The minimum atomic E-state index is -4.97. The lowest BCUT2D eigenvalue weighted by atomic mass is 10.0. The maximum atomic E-state index is 13.1. The van der Waals surface area contributed by atoms with Gasteiger partial charge in [-0.2, -0.15) is 0 Å². The highest BCUT2D eigenvalue weighted by molar-refractivity contribution is 7.47. The van der Waals surface area contributed by atoms with Crippen molar-refractivity contribution in [3.63, 3.8) is 0 Å². The second-order valence-electron chi connectivity index (χ2n) is 26.3. The molecule has 96 heavy (non-hydrogen) atoms. The Morgan fingerprint density at radius 3 is 0.812 bits per heavy atom. The Balaban J connectivity index is 5.32. The minimum absolute atomic E-state index is 0.0864. The highest BCUT2D eigenvalue weighted by atomic mass is 31.2. The van der Waals surface area contributed by atoms with Crippen LogP contribution in [0, 0.1) is 0 Å². The molecule has 0 spiro atoms. The summed E-state index contributed by atoms with van der Waals surface area (Å²) in [5.41, 5.74) is 0. The van der Waals surface area contributed by atoms with Crippen molar-refractivity contribution in [2.24, 2.45) is 0 Å². The first-order chi connectivity index (χ1) is 46.7. The van der Waals surface area contributed by atoms with Gasteiger partial charge in [0.15, 0.2) is 12.2 Å². The molecule has 17 nitrogen and oxygen atoms in total. The summed E-state index contributed by atoms with van der Waals surface area (Å²) < 4.78 is 68.5. The van der Waals surface area contributed by atoms with Crippen LogP contribution in [0.1, 0.15) is 362 Å². The molecule has 5 unspecified atom stereocenters. The van der Waals surface area contributed by atoms with Gasteiger partial charge < -0.3 is 33.8 Å². The summed E-state index contributed by atoms with van der Waals surface area (Å²) >= 11 is 0. The number of phosphoric acid groups is 2. The molecular weight excluding hydrogens is 1260 g/mol. The van der Waals surface area contributed by atoms with Gasteiger partial charge in [-0.3, -0.25) is 37.3 Å². The Hall–Kier alpha value is -2.98. The summed E-state index contributed by atoms with van der Waals surface area (Å²) in [4.78, 5) is 72.8. The highest BCUT2D eigenvalue weighted by Gasteiger charge is 2.30. The number of phosphoric ester groups is 2. The zero-order chi connectivity index (χ0) is 70.4. The van der Waals surface area contributed by atoms with E-state index < -0.39 is 97.5 Å². The summed E-state index contributed by atoms with van der Waals surface area (Å²) in [5.74, 6) is -2.17. The van der Waals surface area contributed by atoms with Gasteiger partial charge in [-0.25, -0.2) is 9.13 Å². The molecule has 0 aliphatic carbocycles. The number of rotatable bonds is 74. The Morgan fingerprint density at radius 2 is 0.510 bits per heavy atom. The molecular formula is C77H142O17P2. The van der Waals surface area contributed by atoms with E-state index in [0.717, 1.165) is 148 Å². The van der Waals surface area contributed by atoms with E-state index in [1.807, 2.05) is 0 Å². The molecule has 562 valence electrons. The number of hydrogen-bond acceptors (Lipinski definition) is 15. The van der Waals surface area contributed by atoms with Crippen LogP contribution in [0.25, 0.3) is 0 Å². The van der Waals surface area contributed by atoms with E-state index in [-0.39, 0.29) is 25.7 Å². The van der Waals surface area contributed by atoms with Gasteiger partial charge in [0.05, 0.1) is 26.4 Å². The van der Waals surface area contributed by atoms with Crippen molar-refractivity contribution in [3.05, 3.63) is 48.6 Å². The summed E-state index contributed by atoms with van der Waals surface area (Å²) in [5, 5.41) is 10.6. The van der Waals surface area contributed by atoms with Crippen molar-refractivity contribution in [2.45, 2.75) is 380 Å². The molecule has 0 heterocycles. The van der Waals surface area contributed by atoms with Crippen LogP contribution in [0.5, 0.6) is 0 Å². The zero-order valence-corrected chi connectivity index (χ0v) is 63.1. The van der Waals surface area contributed by atoms with Gasteiger partial charge in [0.2, 0.25) is 0 Å². The predicted molar refractivity (Wildman–Crippen MR) is 390 cm³/mol. The lowest BCUT2D eigenvalue weighted by Crippen LogP contribution is -2.30. The first-order valence-corrected chi connectivity index (χ1v) is 41.9. The third kappa shape index (κ3) is 69.5. The van der Waals surface area contributed by atoms with Crippen molar-refractivity contribution in [3.8, 4) is 0 Å². The van der Waals surface area contributed by atoms with Gasteiger partial charge in [0.1, 0.15) is 19.3 Å². The smallest absolute Gasteiger partial charge is 0.462 e. The number of carbonyl (C=O) groups is 4. The van der Waals surface area contributed by atoms with Crippen molar-refractivity contribution < 1.29 is 80.2 Å². The fourth-order valence-corrected chi connectivity index (χ4v) is 12.3. The number of aliphatic hydroxyl groups excluding tert-OH is 1. The average molecular weight is 1400 g/mol. The molecule has 0 saturated carbocycles. The number of carbonyl (C=O) groups excluding carboxylic acids is 4. The number of hydrogen-bond donors (Lipinski definition) is 3. The number of aliphatic hydroxyl groups is 1. The van der Waals surface area contributed by atoms with Crippen LogP contribution >= 0.6 is 15.6 Å². The van der Waals surface area contributed by atoms with Crippen LogP contribution in [0.4, 0.5) is 0 Å². The normalized spacial score (nSPS) is 14.2. The third-order valence-corrected chi connectivity index (χ3v) is 18.7. The molecule has 0 aromatic carbocycles. The molecule has 0 bridgehead atoms. The minimum Gasteiger partial charge on any atom is -0.462 e. The van der Waals surface area contributed by atoms with Crippen molar-refractivity contribution in [1.29, 1.82) is 0 Å². The third-order valence-electron chi connectivity index (χ3n) is 16.8. The van der Waals surface area contributed by atoms with Crippen LogP contribution in [0.15, 0.2) is 48.6 Å². The number of ether oxygens (including phenoxy) is 4. The quantitative estimate of drug-likeness (QED) is 0.0169. The summed E-state index contributed by atoms with van der Waals surface area (Å²) in [7, 11) is -9.93. The fourth-order valence-electron chi connectivity index (χ4n) is 10.8. The largest absolute Gasteiger partial charge is 0.472 e. The van der Waals surface area contributed by atoms with E-state index in [2.05, 4.69) is 76.3 Å². The summed E-state index contributed by atoms with van der Waals surface area (Å²) in [6, 6.07) is 0. The predicted octanol–water partition coefficient (Wildman–Crippen LogP) is 22.1. The number of esters is 4. The Labute approximate surface area is 585 Å². The molecule has 19 heteroatoms. The second kappa shape index (κ2) is 70.5. The molecule has 0 amide bonds. The Morgan fingerprint density at radius 1 is 0.292 bits per heavy atom. The van der Waals surface area contributed by atoms with Gasteiger partial charge in [-0.15, -0.1) is 0 Å². The molecule has 0 fully saturated rings. The Bertz CT molecular complexity index is 2010. The molecule has 0 rings (SSSR count). The lowest BCUT2D eigenvalue weighted by Gasteiger charge is -2.21. The van der Waals surface area contributed by atoms with Crippen molar-refractivity contribution in [2.75, 3.05) is 39.6 Å². The average Bonchev–Trinajstić information content (AvgIpc) is 1.14. The first kappa shape index (κ1) is 93.0. The number of unbranched alkanes of at least 4 members (excludes halogenated alkanes) is 40. The van der Waals surface area contributed by atoms with Gasteiger partial charge in [0.25, 0.3) is 0 Å². The van der Waals surface area contributed by atoms with Crippen LogP contribution in [-0.4, -0.2) is 96.7 Å². The van der Waals surface area contributed by atoms with Crippen molar-refractivity contribution >= 4 is 39.5 Å². The zero-order valence-electron chi connectivity index (χ0n) is 61.3. The first-order valence-electron chi connectivity index (χ1n) is 38.9. The maximum absolute atomic E-state index is 13.1. The molecule has 5 atom stereocenters. The van der Waals surface area contributed by atoms with E-state index in [1.165, 1.54) is 135 Å². The van der Waals surface area contributed by atoms with Gasteiger partial charge in [0, 0.05) is 25.7 Å². The summed E-state index contributed by atoms with van der Waals surface area (Å²) in [6.07, 6.45) is 66.6. The molecule has 3 N–H and O–H groups in total. The molecule has 0 aliphatic rings. The van der Waals surface area contributed by atoms with Gasteiger partial charge >= 0.3 is 39.5 Å². The molecule has 0 aliphatic heterocycles. The van der Waals surface area contributed by atoms with Crippen LogP contribution in [0.3, 0.4) is 0 Å². The molecule has 0 aromatic rings. The van der Waals surface area contributed by atoms with E-state index in [0.29, 0.717) is 25.7 Å². The fraction of sp³-hybridized carbons (Fsp3) is 0.844. The van der Waals surface area contributed by atoms with E-state index in [9.17, 15) is 43.2 Å².